The Bertz CT molecular complexity index is 565. The smallest absolute Gasteiger partial charge is 0.316 e. The number of hydrogen-bond donors (Lipinski definition) is 0. The van der Waals surface area contributed by atoms with Gasteiger partial charge in [0.05, 0.1) is 16.4 Å². The van der Waals surface area contributed by atoms with Crippen LogP contribution in [0.5, 0.6) is 5.75 Å². The molecule has 0 heterocycles. The Labute approximate surface area is 120 Å². The number of esters is 1. The highest BCUT2D eigenvalue weighted by molar-refractivity contribution is 7.86. The molecule has 0 unspecified atom stereocenters. The first-order valence-electron chi connectivity index (χ1n) is 6.28. The average Bonchev–Trinajstić information content (AvgIpc) is 2.26. The average molecular weight is 300 g/mol. The number of carbonyl (C=O) groups is 1. The van der Waals surface area contributed by atoms with Crippen molar-refractivity contribution >= 4 is 16.1 Å². The molecule has 0 saturated heterocycles. The molecular formula is C14H20O5S. The molecular weight excluding hydrogens is 280 g/mol. The van der Waals surface area contributed by atoms with Gasteiger partial charge >= 0.3 is 5.97 Å². The molecule has 0 atom stereocenters. The molecule has 0 spiro atoms. The van der Waals surface area contributed by atoms with Gasteiger partial charge in [0.2, 0.25) is 0 Å². The SMILES string of the molecule is CC(C)OS(=O)(=O)c1ccc(OC(=O)C(C)(C)C)cc1. The van der Waals surface area contributed by atoms with Crippen LogP contribution >= 0.6 is 0 Å². The molecule has 0 amide bonds. The third kappa shape index (κ3) is 4.61. The van der Waals surface area contributed by atoms with Crippen LogP contribution in [0.25, 0.3) is 0 Å². The minimum atomic E-state index is -3.77. The van der Waals surface area contributed by atoms with Gasteiger partial charge in [-0.05, 0) is 58.9 Å². The summed E-state index contributed by atoms with van der Waals surface area (Å²) in [6.07, 6.45) is -0.432. The second-order valence-electron chi connectivity index (χ2n) is 5.71. The molecule has 5 nitrogen and oxygen atoms in total. The molecule has 0 radical (unpaired) electrons. The second-order valence-corrected chi connectivity index (χ2v) is 7.28. The van der Waals surface area contributed by atoms with E-state index < -0.39 is 21.6 Å². The zero-order valence-corrected chi connectivity index (χ0v) is 13.2. The summed E-state index contributed by atoms with van der Waals surface area (Å²) in [7, 11) is -3.77. The molecule has 112 valence electrons. The Balaban J connectivity index is 2.87. The van der Waals surface area contributed by atoms with E-state index >= 15 is 0 Å². The quantitative estimate of drug-likeness (QED) is 0.486. The van der Waals surface area contributed by atoms with Gasteiger partial charge in [0.25, 0.3) is 10.1 Å². The number of benzene rings is 1. The fraction of sp³-hybridized carbons (Fsp3) is 0.500. The van der Waals surface area contributed by atoms with Crippen molar-refractivity contribution in [3.05, 3.63) is 24.3 Å². The Morgan fingerprint density at radius 3 is 2.00 bits per heavy atom. The predicted octanol–water partition coefficient (Wildman–Crippen LogP) is 2.75. The van der Waals surface area contributed by atoms with Crippen molar-refractivity contribution < 1.29 is 22.1 Å². The molecule has 0 fully saturated rings. The first kappa shape index (κ1) is 16.7. The van der Waals surface area contributed by atoms with Crippen LogP contribution in [0, 0.1) is 5.41 Å². The summed E-state index contributed by atoms with van der Waals surface area (Å²) < 4.78 is 33.6. The zero-order chi connectivity index (χ0) is 15.6. The van der Waals surface area contributed by atoms with Gasteiger partial charge in [-0.3, -0.25) is 8.98 Å². The summed E-state index contributed by atoms with van der Waals surface area (Å²) in [4.78, 5) is 11.7. The molecule has 0 saturated carbocycles. The van der Waals surface area contributed by atoms with E-state index in [1.807, 2.05) is 0 Å². The van der Waals surface area contributed by atoms with Crippen molar-refractivity contribution in [1.82, 2.24) is 0 Å². The molecule has 20 heavy (non-hydrogen) atoms. The van der Waals surface area contributed by atoms with Crippen LogP contribution in [0.4, 0.5) is 0 Å². The summed E-state index contributed by atoms with van der Waals surface area (Å²) in [5.41, 5.74) is -0.620. The molecule has 6 heteroatoms. The monoisotopic (exact) mass is 300 g/mol. The van der Waals surface area contributed by atoms with E-state index in [9.17, 15) is 13.2 Å². The van der Waals surface area contributed by atoms with E-state index in [1.165, 1.54) is 24.3 Å². The topological polar surface area (TPSA) is 69.7 Å². The van der Waals surface area contributed by atoms with Crippen LogP contribution in [0.1, 0.15) is 34.6 Å². The lowest BCUT2D eigenvalue weighted by atomic mass is 9.97. The van der Waals surface area contributed by atoms with Crippen molar-refractivity contribution in [2.24, 2.45) is 5.41 Å². The Morgan fingerprint density at radius 2 is 1.60 bits per heavy atom. The van der Waals surface area contributed by atoms with E-state index in [0.717, 1.165) is 0 Å². The Hall–Kier alpha value is -1.40. The maximum absolute atomic E-state index is 11.8. The van der Waals surface area contributed by atoms with Crippen LogP contribution in [0.3, 0.4) is 0 Å². The first-order valence-corrected chi connectivity index (χ1v) is 7.69. The van der Waals surface area contributed by atoms with E-state index in [-0.39, 0.29) is 10.9 Å². The fourth-order valence-corrected chi connectivity index (χ4v) is 2.33. The standard InChI is InChI=1S/C14H20O5S/c1-10(2)19-20(16,17)12-8-6-11(7-9-12)18-13(15)14(3,4)5/h6-10H,1-5H3. The van der Waals surface area contributed by atoms with Crippen molar-refractivity contribution in [1.29, 1.82) is 0 Å². The lowest BCUT2D eigenvalue weighted by Crippen LogP contribution is -2.25. The van der Waals surface area contributed by atoms with Crippen molar-refractivity contribution in [2.75, 3.05) is 0 Å². The van der Waals surface area contributed by atoms with Gasteiger partial charge < -0.3 is 4.74 Å². The maximum atomic E-state index is 11.8. The summed E-state index contributed by atoms with van der Waals surface area (Å²) in [5.74, 6) is -0.0834. The van der Waals surface area contributed by atoms with Gasteiger partial charge in [0.1, 0.15) is 5.75 Å². The molecule has 0 N–H and O–H groups in total. The van der Waals surface area contributed by atoms with E-state index in [0.29, 0.717) is 5.75 Å². The van der Waals surface area contributed by atoms with E-state index in [2.05, 4.69) is 0 Å². The summed E-state index contributed by atoms with van der Waals surface area (Å²) in [6.45, 7) is 8.49. The number of ether oxygens (including phenoxy) is 1. The van der Waals surface area contributed by atoms with Gasteiger partial charge in [-0.15, -0.1) is 0 Å². The molecule has 0 aromatic heterocycles. The number of rotatable bonds is 4. The van der Waals surface area contributed by atoms with Crippen LogP contribution in [0.2, 0.25) is 0 Å². The maximum Gasteiger partial charge on any atom is 0.316 e. The number of hydrogen-bond acceptors (Lipinski definition) is 5. The van der Waals surface area contributed by atoms with Crippen molar-refractivity contribution in [3.8, 4) is 5.75 Å². The Kier molecular flexibility index (Phi) is 4.94. The van der Waals surface area contributed by atoms with Crippen LogP contribution in [-0.4, -0.2) is 20.5 Å². The van der Waals surface area contributed by atoms with Crippen molar-refractivity contribution in [2.45, 2.75) is 45.6 Å². The summed E-state index contributed by atoms with van der Waals surface area (Å²) >= 11 is 0. The highest BCUT2D eigenvalue weighted by atomic mass is 32.2. The normalized spacial score (nSPS) is 12.5. The molecule has 0 aliphatic heterocycles. The highest BCUT2D eigenvalue weighted by Crippen LogP contribution is 2.22. The van der Waals surface area contributed by atoms with Gasteiger partial charge in [-0.25, -0.2) is 0 Å². The number of carbonyl (C=O) groups excluding carboxylic acids is 1. The lowest BCUT2D eigenvalue weighted by Gasteiger charge is -2.16. The second kappa shape index (κ2) is 5.93. The summed E-state index contributed by atoms with van der Waals surface area (Å²) in [6, 6.07) is 5.56. The molecule has 1 rings (SSSR count). The first-order chi connectivity index (χ1) is 9.02. The van der Waals surface area contributed by atoms with Gasteiger partial charge in [0.15, 0.2) is 0 Å². The fourth-order valence-electron chi connectivity index (χ4n) is 1.24. The van der Waals surface area contributed by atoms with Gasteiger partial charge in [-0.2, -0.15) is 8.42 Å². The zero-order valence-electron chi connectivity index (χ0n) is 12.3. The predicted molar refractivity (Wildman–Crippen MR) is 74.9 cm³/mol. The van der Waals surface area contributed by atoms with E-state index in [1.54, 1.807) is 34.6 Å². The Morgan fingerprint density at radius 1 is 1.10 bits per heavy atom. The van der Waals surface area contributed by atoms with E-state index in [4.69, 9.17) is 8.92 Å². The minimum absolute atomic E-state index is 0.0294. The van der Waals surface area contributed by atoms with Gasteiger partial charge in [0, 0.05) is 0 Å². The molecule has 1 aromatic carbocycles. The lowest BCUT2D eigenvalue weighted by molar-refractivity contribution is -0.142. The van der Waals surface area contributed by atoms with Crippen LogP contribution < -0.4 is 4.74 Å². The van der Waals surface area contributed by atoms with Crippen molar-refractivity contribution in [3.63, 3.8) is 0 Å². The van der Waals surface area contributed by atoms with Crippen LogP contribution in [-0.2, 0) is 19.1 Å². The third-order valence-corrected chi connectivity index (χ3v) is 3.74. The summed E-state index contributed by atoms with van der Waals surface area (Å²) in [5, 5.41) is 0. The highest BCUT2D eigenvalue weighted by Gasteiger charge is 2.24. The molecule has 0 aliphatic rings. The van der Waals surface area contributed by atoms with Crippen LogP contribution in [0.15, 0.2) is 29.2 Å². The minimum Gasteiger partial charge on any atom is -0.426 e. The van der Waals surface area contributed by atoms with Gasteiger partial charge in [-0.1, -0.05) is 0 Å². The molecule has 0 aliphatic carbocycles. The molecule has 1 aromatic rings. The largest absolute Gasteiger partial charge is 0.426 e. The third-order valence-electron chi connectivity index (χ3n) is 2.25. The molecule has 0 bridgehead atoms.